The molecule has 2 nitrogen and oxygen atoms in total. The van der Waals surface area contributed by atoms with Gasteiger partial charge < -0.3 is 10.6 Å². The molecule has 84 valence electrons. The van der Waals surface area contributed by atoms with Crippen LogP contribution in [-0.2, 0) is 6.42 Å². The maximum absolute atomic E-state index is 5.47. The monoisotopic (exact) mass is 270 g/mol. The highest BCUT2D eigenvalue weighted by Crippen LogP contribution is 2.12. The highest BCUT2D eigenvalue weighted by Gasteiger charge is 1.99. The maximum Gasteiger partial charge on any atom is 0.0178 e. The Morgan fingerprint density at radius 1 is 1.33 bits per heavy atom. The summed E-state index contributed by atoms with van der Waals surface area (Å²) in [5.41, 5.74) is 6.85. The number of nitrogens with two attached hydrogens (primary N) is 1. The molecule has 0 radical (unpaired) electrons. The fourth-order valence-corrected chi connectivity index (χ4v) is 1.93. The van der Waals surface area contributed by atoms with Gasteiger partial charge in [0.1, 0.15) is 0 Å². The minimum absolute atomic E-state index is 0.779. The molecule has 0 fully saturated rings. The molecule has 15 heavy (non-hydrogen) atoms. The Hall–Kier alpha value is -0.380. The smallest absolute Gasteiger partial charge is 0.0178 e. The van der Waals surface area contributed by atoms with Gasteiger partial charge in [0.25, 0.3) is 0 Å². The predicted octanol–water partition coefficient (Wildman–Crippen LogP) is 2.27. The van der Waals surface area contributed by atoms with Gasteiger partial charge in [-0.25, -0.2) is 0 Å². The molecule has 0 saturated heterocycles. The fourth-order valence-electron chi connectivity index (χ4n) is 1.49. The molecule has 0 spiro atoms. The summed E-state index contributed by atoms with van der Waals surface area (Å²) in [4.78, 5) is 2.33. The first-order valence-electron chi connectivity index (χ1n) is 5.35. The average Bonchev–Trinajstić information content (AvgIpc) is 2.23. The normalized spacial score (nSPS) is 10.9. The summed E-state index contributed by atoms with van der Waals surface area (Å²) >= 11 is 3.48. The van der Waals surface area contributed by atoms with E-state index >= 15 is 0 Å². The van der Waals surface area contributed by atoms with E-state index in [-0.39, 0.29) is 0 Å². The van der Waals surface area contributed by atoms with E-state index in [1.807, 2.05) is 0 Å². The van der Waals surface area contributed by atoms with Crippen molar-refractivity contribution >= 4 is 15.9 Å². The van der Waals surface area contributed by atoms with Crippen molar-refractivity contribution in [1.82, 2.24) is 4.90 Å². The molecule has 0 unspecified atom stereocenters. The van der Waals surface area contributed by atoms with Crippen LogP contribution < -0.4 is 5.73 Å². The first-order chi connectivity index (χ1) is 7.22. The van der Waals surface area contributed by atoms with E-state index in [1.54, 1.807) is 0 Å². The first-order valence-corrected chi connectivity index (χ1v) is 6.14. The van der Waals surface area contributed by atoms with Gasteiger partial charge >= 0.3 is 0 Å². The molecule has 1 aromatic rings. The van der Waals surface area contributed by atoms with Crippen LogP contribution in [0, 0.1) is 0 Å². The number of halogens is 1. The molecule has 3 heteroatoms. The van der Waals surface area contributed by atoms with Gasteiger partial charge in [-0.05, 0) is 50.7 Å². The lowest BCUT2D eigenvalue weighted by atomic mass is 10.1. The molecule has 0 aromatic heterocycles. The second-order valence-electron chi connectivity index (χ2n) is 3.83. The highest BCUT2D eigenvalue weighted by molar-refractivity contribution is 9.10. The van der Waals surface area contributed by atoms with Crippen molar-refractivity contribution in [2.24, 2.45) is 5.73 Å². The summed E-state index contributed by atoms with van der Waals surface area (Å²) in [6.45, 7) is 2.96. The summed E-state index contributed by atoms with van der Waals surface area (Å²) in [5.74, 6) is 0. The van der Waals surface area contributed by atoms with Crippen LogP contribution in [0.15, 0.2) is 28.7 Å². The molecule has 0 atom stereocenters. The average molecular weight is 271 g/mol. The number of hydrogen-bond donors (Lipinski definition) is 1. The molecular weight excluding hydrogens is 252 g/mol. The molecule has 1 rings (SSSR count). The largest absolute Gasteiger partial charge is 0.330 e. The van der Waals surface area contributed by atoms with Crippen LogP contribution in [0.25, 0.3) is 0 Å². The minimum atomic E-state index is 0.779. The second-order valence-corrected chi connectivity index (χ2v) is 4.74. The number of likely N-dealkylation sites (N-methyl/N-ethyl adjacent to an activating group) is 1. The van der Waals surface area contributed by atoms with E-state index in [1.165, 1.54) is 5.56 Å². The summed E-state index contributed by atoms with van der Waals surface area (Å²) in [6.07, 6.45) is 2.18. The lowest BCUT2D eigenvalue weighted by Gasteiger charge is -2.15. The second kappa shape index (κ2) is 6.99. The van der Waals surface area contributed by atoms with Crippen LogP contribution in [0.5, 0.6) is 0 Å². The SMILES string of the molecule is CN(CCCN)CCc1cccc(Br)c1. The van der Waals surface area contributed by atoms with E-state index in [9.17, 15) is 0 Å². The van der Waals surface area contributed by atoms with Crippen LogP contribution in [0.2, 0.25) is 0 Å². The van der Waals surface area contributed by atoms with Crippen LogP contribution >= 0.6 is 15.9 Å². The van der Waals surface area contributed by atoms with Gasteiger partial charge in [0.05, 0.1) is 0 Å². The lowest BCUT2D eigenvalue weighted by Crippen LogP contribution is -2.24. The Balaban J connectivity index is 2.30. The third-order valence-electron chi connectivity index (χ3n) is 2.42. The van der Waals surface area contributed by atoms with Gasteiger partial charge in [-0.1, -0.05) is 28.1 Å². The zero-order valence-corrected chi connectivity index (χ0v) is 10.8. The molecule has 0 heterocycles. The number of nitrogens with zero attached hydrogens (tertiary/aromatic N) is 1. The Morgan fingerprint density at radius 2 is 2.13 bits per heavy atom. The van der Waals surface area contributed by atoms with Crippen molar-refractivity contribution in [2.75, 3.05) is 26.7 Å². The number of benzene rings is 1. The molecule has 0 amide bonds. The zero-order chi connectivity index (χ0) is 11.1. The predicted molar refractivity (Wildman–Crippen MR) is 69.0 cm³/mol. The third kappa shape index (κ3) is 5.30. The Kier molecular flexibility index (Phi) is 5.91. The molecule has 0 aliphatic heterocycles. The summed E-state index contributed by atoms with van der Waals surface area (Å²) in [6, 6.07) is 8.49. The molecule has 1 aromatic carbocycles. The van der Waals surface area contributed by atoms with Crippen molar-refractivity contribution in [3.05, 3.63) is 34.3 Å². The van der Waals surface area contributed by atoms with Gasteiger partial charge in [0.15, 0.2) is 0 Å². The van der Waals surface area contributed by atoms with E-state index in [0.717, 1.165) is 36.9 Å². The maximum atomic E-state index is 5.47. The van der Waals surface area contributed by atoms with Crippen molar-refractivity contribution < 1.29 is 0 Å². The standard InChI is InChI=1S/C12H19BrN2/c1-15(8-3-7-14)9-6-11-4-2-5-12(13)10-11/h2,4-5,10H,3,6-9,14H2,1H3. The van der Waals surface area contributed by atoms with Crippen molar-refractivity contribution in [2.45, 2.75) is 12.8 Å². The molecular formula is C12H19BrN2. The summed E-state index contributed by atoms with van der Waals surface area (Å²) in [7, 11) is 2.15. The van der Waals surface area contributed by atoms with E-state index in [4.69, 9.17) is 5.73 Å². The van der Waals surface area contributed by atoms with Crippen molar-refractivity contribution in [3.63, 3.8) is 0 Å². The van der Waals surface area contributed by atoms with E-state index in [2.05, 4.69) is 52.1 Å². The Morgan fingerprint density at radius 3 is 2.80 bits per heavy atom. The third-order valence-corrected chi connectivity index (χ3v) is 2.91. The van der Waals surface area contributed by atoms with Gasteiger partial charge in [0.2, 0.25) is 0 Å². The Labute approximate surface area is 101 Å². The zero-order valence-electron chi connectivity index (χ0n) is 9.25. The molecule has 0 aliphatic carbocycles. The number of hydrogen-bond acceptors (Lipinski definition) is 2. The first kappa shape index (κ1) is 12.7. The van der Waals surface area contributed by atoms with Crippen molar-refractivity contribution in [3.8, 4) is 0 Å². The van der Waals surface area contributed by atoms with E-state index in [0.29, 0.717) is 0 Å². The molecule has 0 saturated carbocycles. The molecule has 2 N–H and O–H groups in total. The van der Waals surface area contributed by atoms with Crippen LogP contribution in [-0.4, -0.2) is 31.6 Å². The number of rotatable bonds is 6. The van der Waals surface area contributed by atoms with Crippen LogP contribution in [0.1, 0.15) is 12.0 Å². The fraction of sp³-hybridized carbons (Fsp3) is 0.500. The Bertz CT molecular complexity index is 289. The van der Waals surface area contributed by atoms with Gasteiger partial charge in [0, 0.05) is 11.0 Å². The van der Waals surface area contributed by atoms with Gasteiger partial charge in [-0.15, -0.1) is 0 Å². The van der Waals surface area contributed by atoms with Crippen LogP contribution in [0.3, 0.4) is 0 Å². The lowest BCUT2D eigenvalue weighted by molar-refractivity contribution is 0.335. The van der Waals surface area contributed by atoms with E-state index < -0.39 is 0 Å². The van der Waals surface area contributed by atoms with Gasteiger partial charge in [-0.3, -0.25) is 0 Å². The van der Waals surface area contributed by atoms with Gasteiger partial charge in [-0.2, -0.15) is 0 Å². The summed E-state index contributed by atoms with van der Waals surface area (Å²) in [5, 5.41) is 0. The van der Waals surface area contributed by atoms with Crippen molar-refractivity contribution in [1.29, 1.82) is 0 Å². The molecule has 0 bridgehead atoms. The van der Waals surface area contributed by atoms with Crippen LogP contribution in [0.4, 0.5) is 0 Å². The highest BCUT2D eigenvalue weighted by atomic mass is 79.9. The summed E-state index contributed by atoms with van der Waals surface area (Å²) < 4.78 is 1.16. The minimum Gasteiger partial charge on any atom is -0.330 e. The molecule has 0 aliphatic rings. The quantitative estimate of drug-likeness (QED) is 0.860. The topological polar surface area (TPSA) is 29.3 Å².